The maximum Gasteiger partial charge on any atom is 0.243 e. The largest absolute Gasteiger partial charge is 0.379 e. The van der Waals surface area contributed by atoms with Gasteiger partial charge in [0.1, 0.15) is 0 Å². The van der Waals surface area contributed by atoms with E-state index in [1.54, 1.807) is 18.2 Å². The van der Waals surface area contributed by atoms with Crippen LogP contribution in [0.15, 0.2) is 70.7 Å². The fourth-order valence-corrected chi connectivity index (χ4v) is 5.34. The number of anilines is 1. The highest BCUT2D eigenvalue weighted by atomic mass is 32.2. The van der Waals surface area contributed by atoms with E-state index in [-0.39, 0.29) is 0 Å². The minimum atomic E-state index is -3.56. The number of rotatable bonds is 6. The molecule has 8 heteroatoms. The molecule has 0 aliphatic carbocycles. The molecular weight excluding hydrogens is 424 g/mol. The van der Waals surface area contributed by atoms with Crippen molar-refractivity contribution in [2.45, 2.75) is 18.7 Å². The summed E-state index contributed by atoms with van der Waals surface area (Å²) in [5.41, 5.74) is 4.79. The molecule has 1 fully saturated rings. The van der Waals surface area contributed by atoms with Gasteiger partial charge in [-0.2, -0.15) is 9.41 Å². The van der Waals surface area contributed by atoms with Gasteiger partial charge in [-0.15, -0.1) is 0 Å². The summed E-state index contributed by atoms with van der Waals surface area (Å²) in [5.74, 6) is 0. The van der Waals surface area contributed by atoms with Crippen LogP contribution in [0, 0.1) is 13.8 Å². The Balaban J connectivity index is 1.63. The van der Waals surface area contributed by atoms with Gasteiger partial charge in [0, 0.05) is 42.8 Å². The zero-order chi connectivity index (χ0) is 22.7. The second kappa shape index (κ2) is 9.28. The van der Waals surface area contributed by atoms with Crippen molar-refractivity contribution < 1.29 is 13.2 Å². The second-order valence-corrected chi connectivity index (χ2v) is 9.72. The van der Waals surface area contributed by atoms with Gasteiger partial charge in [0.15, 0.2) is 0 Å². The number of ether oxygens (including phenoxy) is 1. The molecule has 0 unspecified atom stereocenters. The van der Waals surface area contributed by atoms with Crippen molar-refractivity contribution in [2.24, 2.45) is 5.10 Å². The van der Waals surface area contributed by atoms with Crippen LogP contribution in [-0.4, -0.2) is 56.9 Å². The Bertz CT molecular complexity index is 1210. The number of hydrogen-bond acceptors (Lipinski definition) is 5. The first-order valence-corrected chi connectivity index (χ1v) is 12.0. The normalized spacial score (nSPS) is 15.3. The van der Waals surface area contributed by atoms with Crippen LogP contribution in [0.3, 0.4) is 0 Å². The molecule has 0 bridgehead atoms. The van der Waals surface area contributed by atoms with Gasteiger partial charge in [-0.05, 0) is 50.2 Å². The number of hydrazone groups is 1. The summed E-state index contributed by atoms with van der Waals surface area (Å²) in [6, 6.07) is 19.1. The van der Waals surface area contributed by atoms with Crippen LogP contribution in [0.5, 0.6) is 0 Å². The predicted molar refractivity (Wildman–Crippen MR) is 127 cm³/mol. The third-order valence-corrected chi connectivity index (χ3v) is 7.55. The molecule has 0 atom stereocenters. The molecule has 0 amide bonds. The van der Waals surface area contributed by atoms with E-state index >= 15 is 0 Å². The predicted octanol–water partition coefficient (Wildman–Crippen LogP) is 3.59. The molecule has 1 aliphatic heterocycles. The first kappa shape index (κ1) is 22.3. The Kier molecular flexibility index (Phi) is 6.45. The number of morpholine rings is 1. The van der Waals surface area contributed by atoms with E-state index in [2.05, 4.69) is 15.7 Å². The third-order valence-electron chi connectivity index (χ3n) is 5.65. The third kappa shape index (κ3) is 4.48. The van der Waals surface area contributed by atoms with Crippen LogP contribution in [-0.2, 0) is 14.8 Å². The second-order valence-electron chi connectivity index (χ2n) is 7.78. The molecule has 2 aromatic carbocycles. The van der Waals surface area contributed by atoms with Crippen LogP contribution in [0.4, 0.5) is 5.69 Å². The van der Waals surface area contributed by atoms with Gasteiger partial charge >= 0.3 is 0 Å². The van der Waals surface area contributed by atoms with Gasteiger partial charge in [-0.1, -0.05) is 24.3 Å². The van der Waals surface area contributed by atoms with E-state index in [9.17, 15) is 8.42 Å². The topological polar surface area (TPSA) is 67.1 Å². The van der Waals surface area contributed by atoms with Gasteiger partial charge in [-0.3, -0.25) is 5.01 Å². The molecule has 1 aromatic heterocycles. The smallest absolute Gasteiger partial charge is 0.243 e. The van der Waals surface area contributed by atoms with Crippen molar-refractivity contribution in [1.29, 1.82) is 0 Å². The summed E-state index contributed by atoms with van der Waals surface area (Å²) in [4.78, 5) is 0.295. The molecule has 7 nitrogen and oxygen atoms in total. The van der Waals surface area contributed by atoms with Crippen LogP contribution < -0.4 is 5.01 Å². The molecule has 32 heavy (non-hydrogen) atoms. The fraction of sp³-hybridized carbons (Fsp3) is 0.292. The lowest BCUT2D eigenvalue weighted by Gasteiger charge is -2.26. The van der Waals surface area contributed by atoms with E-state index in [1.807, 2.05) is 68.5 Å². The van der Waals surface area contributed by atoms with Crippen LogP contribution >= 0.6 is 0 Å². The lowest BCUT2D eigenvalue weighted by molar-refractivity contribution is 0.0730. The number of aryl methyl sites for hydroxylation is 1. The molecule has 0 spiro atoms. The summed E-state index contributed by atoms with van der Waals surface area (Å²) < 4.78 is 35.0. The molecule has 4 rings (SSSR count). The SMILES string of the molecule is Cc1cc(/C=N/N(C)c2ccccc2)c(C)n1-c1cccc(S(=O)(=O)N2CCOCC2)c1. The zero-order valence-corrected chi connectivity index (χ0v) is 19.4. The maximum atomic E-state index is 13.1. The monoisotopic (exact) mass is 452 g/mol. The van der Waals surface area contributed by atoms with Crippen molar-refractivity contribution in [3.8, 4) is 5.69 Å². The molecule has 3 aromatic rings. The van der Waals surface area contributed by atoms with Gasteiger partial charge in [0.05, 0.1) is 30.0 Å². The Labute approximate surface area is 189 Å². The molecule has 0 radical (unpaired) electrons. The van der Waals surface area contributed by atoms with Gasteiger partial charge in [0.25, 0.3) is 0 Å². The quantitative estimate of drug-likeness (QED) is 0.424. The van der Waals surface area contributed by atoms with Crippen molar-refractivity contribution in [3.05, 3.63) is 77.6 Å². The number of para-hydroxylation sites is 1. The van der Waals surface area contributed by atoms with Crippen LogP contribution in [0.1, 0.15) is 17.0 Å². The molecular formula is C24H28N4O3S. The minimum absolute atomic E-state index is 0.295. The van der Waals surface area contributed by atoms with E-state index in [0.29, 0.717) is 31.2 Å². The van der Waals surface area contributed by atoms with Crippen molar-refractivity contribution in [3.63, 3.8) is 0 Å². The Morgan fingerprint density at radius 2 is 1.72 bits per heavy atom. The fourth-order valence-electron chi connectivity index (χ4n) is 3.89. The number of hydrogen-bond donors (Lipinski definition) is 0. The van der Waals surface area contributed by atoms with E-state index < -0.39 is 10.0 Å². The standard InChI is InChI=1S/C24H28N4O3S/c1-19-16-21(18-25-26(3)22-8-5-4-6-9-22)20(2)28(19)23-10-7-11-24(17-23)32(29,30)27-12-14-31-15-13-27/h4-11,16-18H,12-15H2,1-3H3/b25-18+. The summed E-state index contributed by atoms with van der Waals surface area (Å²) in [6.45, 7) is 5.63. The average Bonchev–Trinajstić information content (AvgIpc) is 3.11. The van der Waals surface area contributed by atoms with Gasteiger partial charge < -0.3 is 9.30 Å². The highest BCUT2D eigenvalue weighted by molar-refractivity contribution is 7.89. The molecule has 2 heterocycles. The molecule has 1 aliphatic rings. The van der Waals surface area contributed by atoms with E-state index in [0.717, 1.165) is 28.3 Å². The molecule has 0 N–H and O–H groups in total. The van der Waals surface area contributed by atoms with Crippen LogP contribution in [0.2, 0.25) is 0 Å². The summed E-state index contributed by atoms with van der Waals surface area (Å²) in [7, 11) is -1.65. The first-order valence-electron chi connectivity index (χ1n) is 10.6. The van der Waals surface area contributed by atoms with E-state index in [1.165, 1.54) is 4.31 Å². The summed E-state index contributed by atoms with van der Waals surface area (Å²) in [5, 5.41) is 6.39. The van der Waals surface area contributed by atoms with Crippen molar-refractivity contribution in [2.75, 3.05) is 38.4 Å². The number of sulfonamides is 1. The highest BCUT2D eigenvalue weighted by Crippen LogP contribution is 2.24. The Hall–Kier alpha value is -2.94. The van der Waals surface area contributed by atoms with Crippen LogP contribution in [0.25, 0.3) is 5.69 Å². The zero-order valence-electron chi connectivity index (χ0n) is 18.6. The first-order chi connectivity index (χ1) is 15.4. The number of benzene rings is 2. The molecule has 1 saturated heterocycles. The maximum absolute atomic E-state index is 13.1. The molecule has 0 saturated carbocycles. The minimum Gasteiger partial charge on any atom is -0.379 e. The van der Waals surface area contributed by atoms with Crippen molar-refractivity contribution >= 4 is 21.9 Å². The Morgan fingerprint density at radius 1 is 1.00 bits per heavy atom. The average molecular weight is 453 g/mol. The summed E-state index contributed by atoms with van der Waals surface area (Å²) >= 11 is 0. The Morgan fingerprint density at radius 3 is 2.44 bits per heavy atom. The lowest BCUT2D eigenvalue weighted by atomic mass is 10.2. The summed E-state index contributed by atoms with van der Waals surface area (Å²) in [6.07, 6.45) is 1.83. The highest BCUT2D eigenvalue weighted by Gasteiger charge is 2.26. The van der Waals surface area contributed by atoms with E-state index in [4.69, 9.17) is 4.74 Å². The number of aromatic nitrogens is 1. The van der Waals surface area contributed by atoms with Gasteiger partial charge in [0.2, 0.25) is 10.0 Å². The van der Waals surface area contributed by atoms with Crippen molar-refractivity contribution in [1.82, 2.24) is 8.87 Å². The number of nitrogens with zero attached hydrogens (tertiary/aromatic N) is 4. The van der Waals surface area contributed by atoms with Gasteiger partial charge in [-0.25, -0.2) is 8.42 Å². The lowest BCUT2D eigenvalue weighted by Crippen LogP contribution is -2.40. The molecule has 168 valence electrons.